The van der Waals surface area contributed by atoms with Crippen molar-refractivity contribution in [2.45, 2.75) is 69.7 Å². The molecule has 0 radical (unpaired) electrons. The smallest absolute Gasteiger partial charge is 0.161 e. The minimum atomic E-state index is -1.10. The lowest BCUT2D eigenvalue weighted by molar-refractivity contribution is -0.0408. The molecule has 0 unspecified atom stereocenters. The average Bonchev–Trinajstić information content (AvgIpc) is 3.13. The summed E-state index contributed by atoms with van der Waals surface area (Å²) in [6.07, 6.45) is -0.541. The molecule has 230 valence electrons. The number of rotatable bonds is 11. The summed E-state index contributed by atoms with van der Waals surface area (Å²) in [6, 6.07) is 34.4. The van der Waals surface area contributed by atoms with Gasteiger partial charge in [0.2, 0.25) is 0 Å². The van der Waals surface area contributed by atoms with Crippen LogP contribution in [-0.4, -0.2) is 67.1 Å². The highest BCUT2D eigenvalue weighted by Gasteiger charge is 2.47. The van der Waals surface area contributed by atoms with Crippen LogP contribution in [0.1, 0.15) is 33.4 Å². The summed E-state index contributed by atoms with van der Waals surface area (Å²) >= 11 is 0. The Hall–Kier alpha value is -3.89. The van der Waals surface area contributed by atoms with Crippen LogP contribution in [0.25, 0.3) is 0 Å². The van der Waals surface area contributed by atoms with E-state index in [0.29, 0.717) is 25.9 Å². The maximum Gasteiger partial charge on any atom is 0.161 e. The Labute approximate surface area is 259 Å². The van der Waals surface area contributed by atoms with E-state index in [-0.39, 0.29) is 13.2 Å². The molecule has 44 heavy (non-hydrogen) atoms. The molecule has 1 saturated heterocycles. The molecule has 8 nitrogen and oxygen atoms in total. The van der Waals surface area contributed by atoms with Gasteiger partial charge in [0.15, 0.2) is 6.29 Å². The predicted molar refractivity (Wildman–Crippen MR) is 172 cm³/mol. The first kappa shape index (κ1) is 31.5. The Balaban J connectivity index is 1.62. The standard InChI is InChI=1S/C36H42N4O4/c37-25-38-36-39(21-28-11-15-30(23-41)16-12-28)32(19-26-7-3-1-4-8-26)34(43)35(44)33(20-27-9-5-2-6-10-27)40(36)22-29-13-17-31(24-42)18-14-29/h1-18,25,32-36,41-44H,19-24H2,(H2,37,38)/t32-,33-,34+,35+/m1/s1. The monoisotopic (exact) mass is 594 g/mol. The molecule has 6 N–H and O–H groups in total. The average molecular weight is 595 g/mol. The van der Waals surface area contributed by atoms with Gasteiger partial charge in [-0.3, -0.25) is 9.80 Å². The van der Waals surface area contributed by atoms with Gasteiger partial charge in [-0.05, 0) is 46.2 Å². The molecule has 1 aliphatic rings. The van der Waals surface area contributed by atoms with Gasteiger partial charge in [-0.25, -0.2) is 4.99 Å². The molecule has 5 rings (SSSR count). The van der Waals surface area contributed by atoms with Gasteiger partial charge in [0, 0.05) is 25.2 Å². The van der Waals surface area contributed by atoms with Crippen LogP contribution >= 0.6 is 0 Å². The summed E-state index contributed by atoms with van der Waals surface area (Å²) < 4.78 is 0. The van der Waals surface area contributed by atoms with E-state index in [4.69, 9.17) is 10.7 Å². The van der Waals surface area contributed by atoms with Gasteiger partial charge in [-0.2, -0.15) is 0 Å². The molecule has 4 aromatic rings. The van der Waals surface area contributed by atoms with Crippen molar-refractivity contribution >= 4 is 6.34 Å². The Morgan fingerprint density at radius 2 is 0.909 bits per heavy atom. The molecule has 0 saturated carbocycles. The fourth-order valence-corrected chi connectivity index (χ4v) is 6.14. The first-order valence-corrected chi connectivity index (χ1v) is 15.1. The molecule has 4 atom stereocenters. The van der Waals surface area contributed by atoms with Crippen LogP contribution in [0.15, 0.2) is 114 Å². The summed E-state index contributed by atoms with van der Waals surface area (Å²) in [5.74, 6) is 0. The Morgan fingerprint density at radius 1 is 0.545 bits per heavy atom. The van der Waals surface area contributed by atoms with Gasteiger partial charge in [0.05, 0.1) is 31.8 Å². The molecule has 0 spiro atoms. The number of hydrogen-bond donors (Lipinski definition) is 5. The van der Waals surface area contributed by atoms with Crippen molar-refractivity contribution < 1.29 is 20.4 Å². The molecule has 0 aromatic heterocycles. The zero-order chi connectivity index (χ0) is 30.9. The summed E-state index contributed by atoms with van der Waals surface area (Å²) in [7, 11) is 0. The Morgan fingerprint density at radius 3 is 1.25 bits per heavy atom. The predicted octanol–water partition coefficient (Wildman–Crippen LogP) is 3.20. The lowest BCUT2D eigenvalue weighted by atomic mass is 9.91. The van der Waals surface area contributed by atoms with Gasteiger partial charge >= 0.3 is 0 Å². The van der Waals surface area contributed by atoms with Crippen LogP contribution in [0.2, 0.25) is 0 Å². The molecule has 0 bridgehead atoms. The first-order valence-electron chi connectivity index (χ1n) is 15.1. The Bertz CT molecular complexity index is 1340. The van der Waals surface area contributed by atoms with Crippen LogP contribution in [0.3, 0.4) is 0 Å². The number of benzene rings is 4. The summed E-state index contributed by atoms with van der Waals surface area (Å²) in [6.45, 7) is 0.755. The first-order chi connectivity index (χ1) is 21.5. The van der Waals surface area contributed by atoms with Crippen molar-refractivity contribution in [2.24, 2.45) is 10.7 Å². The highest BCUT2D eigenvalue weighted by Crippen LogP contribution is 2.33. The second-order valence-corrected chi connectivity index (χ2v) is 11.4. The third-order valence-corrected chi connectivity index (χ3v) is 8.52. The van der Waals surface area contributed by atoms with Crippen molar-refractivity contribution in [1.29, 1.82) is 0 Å². The third kappa shape index (κ3) is 7.60. The van der Waals surface area contributed by atoms with E-state index < -0.39 is 30.6 Å². The number of hydrogen-bond acceptors (Lipinski definition) is 7. The number of aliphatic imine (C=N–C) groups is 1. The molecule has 1 aliphatic heterocycles. The molecular formula is C36H42N4O4. The molecule has 0 aliphatic carbocycles. The molecule has 1 fully saturated rings. The zero-order valence-corrected chi connectivity index (χ0v) is 24.8. The second kappa shape index (κ2) is 15.2. The summed E-state index contributed by atoms with van der Waals surface area (Å²) in [5, 5.41) is 43.3. The van der Waals surface area contributed by atoms with Gasteiger partial charge in [0.25, 0.3) is 0 Å². The summed E-state index contributed by atoms with van der Waals surface area (Å²) in [4.78, 5) is 9.08. The van der Waals surface area contributed by atoms with Gasteiger partial charge < -0.3 is 26.2 Å². The number of nitrogens with zero attached hydrogens (tertiary/aromatic N) is 3. The van der Waals surface area contributed by atoms with Crippen molar-refractivity contribution in [3.63, 3.8) is 0 Å². The molecule has 8 heteroatoms. The van der Waals surface area contributed by atoms with Crippen molar-refractivity contribution in [3.05, 3.63) is 143 Å². The fourth-order valence-electron chi connectivity index (χ4n) is 6.14. The second-order valence-electron chi connectivity index (χ2n) is 11.4. The lowest BCUT2D eigenvalue weighted by Crippen LogP contribution is -2.53. The quantitative estimate of drug-likeness (QED) is 0.133. The maximum absolute atomic E-state index is 12.0. The van der Waals surface area contributed by atoms with E-state index in [1.165, 1.54) is 6.34 Å². The van der Waals surface area contributed by atoms with E-state index in [1.807, 2.05) is 109 Å². The van der Waals surface area contributed by atoms with Crippen LogP contribution < -0.4 is 5.73 Å². The molecule has 4 aromatic carbocycles. The van der Waals surface area contributed by atoms with E-state index in [1.54, 1.807) is 0 Å². The minimum absolute atomic E-state index is 0.0460. The molecule has 1 heterocycles. The van der Waals surface area contributed by atoms with Gasteiger partial charge in [-0.1, -0.05) is 109 Å². The largest absolute Gasteiger partial charge is 0.392 e. The SMILES string of the molecule is NC=NC1N(Cc2ccc(CO)cc2)[C@H](Cc2ccccc2)[C@H](O)[C@@H](O)[C@@H](Cc2ccccc2)N1Cc1ccc(CO)cc1. The highest BCUT2D eigenvalue weighted by molar-refractivity contribution is 5.51. The van der Waals surface area contributed by atoms with Crippen LogP contribution in [0.4, 0.5) is 0 Å². The highest BCUT2D eigenvalue weighted by atomic mass is 16.3. The molecular weight excluding hydrogens is 552 g/mol. The lowest BCUT2D eigenvalue weighted by Gasteiger charge is -2.41. The Kier molecular flexibility index (Phi) is 10.9. The van der Waals surface area contributed by atoms with Crippen LogP contribution in [-0.2, 0) is 39.1 Å². The topological polar surface area (TPSA) is 126 Å². The molecule has 0 amide bonds. The van der Waals surface area contributed by atoms with Crippen molar-refractivity contribution in [2.75, 3.05) is 0 Å². The van der Waals surface area contributed by atoms with E-state index in [2.05, 4.69) is 9.80 Å². The fraction of sp³-hybridized carbons (Fsp3) is 0.306. The maximum atomic E-state index is 12.0. The van der Waals surface area contributed by atoms with E-state index >= 15 is 0 Å². The minimum Gasteiger partial charge on any atom is -0.392 e. The van der Waals surface area contributed by atoms with Crippen LogP contribution in [0.5, 0.6) is 0 Å². The zero-order valence-electron chi connectivity index (χ0n) is 24.8. The summed E-state index contributed by atoms with van der Waals surface area (Å²) in [5.41, 5.74) is 11.7. The number of nitrogens with two attached hydrogens (primary N) is 1. The van der Waals surface area contributed by atoms with E-state index in [0.717, 1.165) is 33.4 Å². The normalized spacial score (nSPS) is 23.1. The van der Waals surface area contributed by atoms with Gasteiger partial charge in [0.1, 0.15) is 0 Å². The number of aliphatic hydroxyl groups excluding tert-OH is 4. The van der Waals surface area contributed by atoms with Crippen molar-refractivity contribution in [3.8, 4) is 0 Å². The van der Waals surface area contributed by atoms with E-state index in [9.17, 15) is 20.4 Å². The number of aliphatic hydroxyl groups is 4. The third-order valence-electron chi connectivity index (χ3n) is 8.52. The van der Waals surface area contributed by atoms with Crippen LogP contribution in [0, 0.1) is 0 Å². The van der Waals surface area contributed by atoms with Crippen molar-refractivity contribution in [1.82, 2.24) is 9.80 Å². The van der Waals surface area contributed by atoms with Gasteiger partial charge in [-0.15, -0.1) is 0 Å².